The molecule has 2 bridgehead atoms. The fourth-order valence-electron chi connectivity index (χ4n) is 5.08. The third-order valence-corrected chi connectivity index (χ3v) is 5.97. The zero-order valence-corrected chi connectivity index (χ0v) is 14.6. The third kappa shape index (κ3) is 2.24. The lowest BCUT2D eigenvalue weighted by atomic mass is 9.73. The van der Waals surface area contributed by atoms with Gasteiger partial charge in [0.05, 0.1) is 30.2 Å². The van der Waals surface area contributed by atoms with E-state index in [0.717, 1.165) is 31.1 Å². The van der Waals surface area contributed by atoms with E-state index in [4.69, 9.17) is 9.47 Å². The second kappa shape index (κ2) is 5.35. The van der Waals surface area contributed by atoms with Crippen molar-refractivity contribution in [3.63, 3.8) is 0 Å². The van der Waals surface area contributed by atoms with E-state index < -0.39 is 0 Å². The van der Waals surface area contributed by atoms with Crippen LogP contribution in [0.5, 0.6) is 5.75 Å². The number of aryl methyl sites for hydroxylation is 1. The largest absolute Gasteiger partial charge is 0.493 e. The Kier molecular flexibility index (Phi) is 3.54. The van der Waals surface area contributed by atoms with Crippen molar-refractivity contribution in [1.29, 1.82) is 0 Å². The number of ether oxygens (including phenoxy) is 2. The summed E-state index contributed by atoms with van der Waals surface area (Å²) in [5, 5.41) is 0. The van der Waals surface area contributed by atoms with E-state index in [9.17, 15) is 0 Å². The normalized spacial score (nSPS) is 35.2. The number of hydrogen-bond donors (Lipinski definition) is 0. The zero-order valence-electron chi connectivity index (χ0n) is 14.6. The van der Waals surface area contributed by atoms with Crippen molar-refractivity contribution < 1.29 is 9.47 Å². The van der Waals surface area contributed by atoms with Crippen LogP contribution in [0.1, 0.15) is 18.5 Å². The maximum Gasteiger partial charge on any atom is 0.163 e. The van der Waals surface area contributed by atoms with E-state index in [1.807, 2.05) is 13.1 Å². The Hall–Kier alpha value is -1.33. The van der Waals surface area contributed by atoms with Crippen molar-refractivity contribution in [3.05, 3.63) is 18.0 Å². The average Bonchev–Trinajstić information content (AvgIpc) is 3.16. The summed E-state index contributed by atoms with van der Waals surface area (Å²) in [6.45, 7) is 5.18. The van der Waals surface area contributed by atoms with Crippen molar-refractivity contribution in [1.82, 2.24) is 9.88 Å². The van der Waals surface area contributed by atoms with Crippen LogP contribution in [-0.4, -0.2) is 62.4 Å². The van der Waals surface area contributed by atoms with Crippen molar-refractivity contribution >= 4 is 5.69 Å². The monoisotopic (exact) mass is 317 g/mol. The molecule has 1 spiro atoms. The molecule has 3 aliphatic heterocycles. The molecule has 5 nitrogen and oxygen atoms in total. The molecule has 4 heterocycles. The lowest BCUT2D eigenvalue weighted by Gasteiger charge is -2.30. The van der Waals surface area contributed by atoms with Gasteiger partial charge in [0.2, 0.25) is 0 Å². The van der Waals surface area contributed by atoms with E-state index in [2.05, 4.69) is 34.9 Å². The summed E-state index contributed by atoms with van der Waals surface area (Å²) in [6, 6.07) is 2.08. The molecule has 0 radical (unpaired) electrons. The van der Waals surface area contributed by atoms with Crippen LogP contribution in [-0.2, 0) is 4.74 Å². The quantitative estimate of drug-likeness (QED) is 0.848. The Bertz CT molecular complexity index is 606. The predicted octanol–water partition coefficient (Wildman–Crippen LogP) is 1.94. The van der Waals surface area contributed by atoms with Gasteiger partial charge in [0.15, 0.2) is 5.75 Å². The van der Waals surface area contributed by atoms with E-state index in [-0.39, 0.29) is 5.60 Å². The van der Waals surface area contributed by atoms with Crippen LogP contribution in [0.25, 0.3) is 0 Å². The number of rotatable bonds is 4. The molecule has 1 aromatic heterocycles. The topological polar surface area (TPSA) is 37.8 Å². The molecule has 23 heavy (non-hydrogen) atoms. The first kappa shape index (κ1) is 15.2. The first-order valence-corrected chi connectivity index (χ1v) is 8.61. The second-order valence-corrected chi connectivity index (χ2v) is 7.62. The Labute approximate surface area is 138 Å². The van der Waals surface area contributed by atoms with Crippen molar-refractivity contribution in [2.24, 2.45) is 11.8 Å². The van der Waals surface area contributed by atoms with Crippen LogP contribution < -0.4 is 9.64 Å². The molecule has 0 saturated carbocycles. The number of nitrogens with zero attached hydrogens (tertiary/aromatic N) is 3. The van der Waals surface area contributed by atoms with Gasteiger partial charge in [-0.25, -0.2) is 0 Å². The molecular weight excluding hydrogens is 290 g/mol. The maximum absolute atomic E-state index is 6.53. The Balaban J connectivity index is 1.63. The highest BCUT2D eigenvalue weighted by Gasteiger charge is 2.63. The van der Waals surface area contributed by atoms with Gasteiger partial charge >= 0.3 is 0 Å². The van der Waals surface area contributed by atoms with Gasteiger partial charge in [0, 0.05) is 37.7 Å². The van der Waals surface area contributed by atoms with Crippen LogP contribution in [0.3, 0.4) is 0 Å². The molecule has 5 heteroatoms. The average molecular weight is 317 g/mol. The molecule has 0 aliphatic carbocycles. The van der Waals surface area contributed by atoms with Crippen LogP contribution in [0, 0.1) is 18.8 Å². The number of anilines is 1. The van der Waals surface area contributed by atoms with Crippen molar-refractivity contribution in [2.45, 2.75) is 31.5 Å². The number of methoxy groups -OCH3 is 1. The van der Waals surface area contributed by atoms with Gasteiger partial charge in [-0.05, 0) is 39.9 Å². The SMILES string of the molecule is COc1c(N2C[C@H]3[C@@H](CN(C)C)[C@@H]4CC[C@@]3(C2)O4)ccnc1C. The van der Waals surface area contributed by atoms with Gasteiger partial charge in [-0.15, -0.1) is 0 Å². The second-order valence-electron chi connectivity index (χ2n) is 7.62. The van der Waals surface area contributed by atoms with Crippen LogP contribution in [0.15, 0.2) is 12.3 Å². The molecule has 0 amide bonds. The minimum Gasteiger partial charge on any atom is -0.493 e. The highest BCUT2D eigenvalue weighted by Crippen LogP contribution is 2.56. The molecule has 3 saturated heterocycles. The molecule has 0 aromatic carbocycles. The zero-order chi connectivity index (χ0) is 16.2. The molecule has 0 unspecified atom stereocenters. The Morgan fingerprint density at radius 2 is 2.30 bits per heavy atom. The lowest BCUT2D eigenvalue weighted by Crippen LogP contribution is -2.40. The number of aromatic nitrogens is 1. The summed E-state index contributed by atoms with van der Waals surface area (Å²) >= 11 is 0. The number of fused-ring (bicyclic) bond motifs is 1. The van der Waals surface area contributed by atoms with Crippen LogP contribution in [0.4, 0.5) is 5.69 Å². The number of hydrogen-bond acceptors (Lipinski definition) is 5. The molecule has 3 aliphatic rings. The molecule has 4 atom stereocenters. The van der Waals surface area contributed by atoms with Crippen molar-refractivity contribution in [2.75, 3.05) is 45.7 Å². The fourth-order valence-corrected chi connectivity index (χ4v) is 5.08. The first-order chi connectivity index (χ1) is 11.0. The van der Waals surface area contributed by atoms with Gasteiger partial charge < -0.3 is 19.3 Å². The Morgan fingerprint density at radius 1 is 1.48 bits per heavy atom. The lowest BCUT2D eigenvalue weighted by molar-refractivity contribution is 0.0136. The minimum atomic E-state index is 0.0630. The molecular formula is C18H27N3O2. The maximum atomic E-state index is 6.53. The van der Waals surface area contributed by atoms with Crippen molar-refractivity contribution in [3.8, 4) is 5.75 Å². The molecule has 3 fully saturated rings. The first-order valence-electron chi connectivity index (χ1n) is 8.61. The predicted molar refractivity (Wildman–Crippen MR) is 90.1 cm³/mol. The van der Waals surface area contributed by atoms with Gasteiger partial charge in [0.25, 0.3) is 0 Å². The van der Waals surface area contributed by atoms with Crippen LogP contribution in [0.2, 0.25) is 0 Å². The van der Waals surface area contributed by atoms with Gasteiger partial charge in [-0.2, -0.15) is 0 Å². The van der Waals surface area contributed by atoms with Gasteiger partial charge in [-0.1, -0.05) is 0 Å². The smallest absolute Gasteiger partial charge is 0.163 e. The summed E-state index contributed by atoms with van der Waals surface area (Å²) in [5.41, 5.74) is 2.18. The standard InChI is InChI=1S/C18H27N3O2/c1-12-17(22-4)15(6-8-19-12)21-10-14-13(9-20(2)3)16-5-7-18(14,11-21)23-16/h6,8,13-14,16H,5,7,9-11H2,1-4H3/t13-,14+,16+,18+/m1/s1. The van der Waals surface area contributed by atoms with E-state index in [1.165, 1.54) is 18.5 Å². The fraction of sp³-hybridized carbons (Fsp3) is 0.722. The Morgan fingerprint density at radius 3 is 3.04 bits per heavy atom. The molecule has 4 rings (SSSR count). The van der Waals surface area contributed by atoms with E-state index >= 15 is 0 Å². The summed E-state index contributed by atoms with van der Waals surface area (Å²) < 4.78 is 12.2. The summed E-state index contributed by atoms with van der Waals surface area (Å²) in [4.78, 5) is 9.13. The van der Waals surface area contributed by atoms with Crippen LogP contribution >= 0.6 is 0 Å². The summed E-state index contributed by atoms with van der Waals surface area (Å²) in [7, 11) is 6.07. The minimum absolute atomic E-state index is 0.0630. The van der Waals surface area contributed by atoms with Gasteiger partial charge in [0.1, 0.15) is 0 Å². The molecule has 1 aromatic rings. The highest BCUT2D eigenvalue weighted by atomic mass is 16.5. The van der Waals surface area contributed by atoms with E-state index in [1.54, 1.807) is 7.11 Å². The summed E-state index contributed by atoms with van der Waals surface area (Å²) in [6.07, 6.45) is 4.77. The highest BCUT2D eigenvalue weighted by molar-refractivity contribution is 5.61. The third-order valence-electron chi connectivity index (χ3n) is 5.97. The molecule has 126 valence electrons. The van der Waals surface area contributed by atoms with E-state index in [0.29, 0.717) is 17.9 Å². The number of pyridine rings is 1. The molecule has 0 N–H and O–H groups in total. The van der Waals surface area contributed by atoms with Gasteiger partial charge in [-0.3, -0.25) is 4.98 Å². The summed E-state index contributed by atoms with van der Waals surface area (Å²) in [5.74, 6) is 2.18.